The largest absolute Gasteiger partial charge is 0.507 e. The van der Waals surface area contributed by atoms with Crippen LogP contribution in [0.1, 0.15) is 29.7 Å². The fourth-order valence-corrected chi connectivity index (χ4v) is 5.95. The maximum atomic E-state index is 13.8. The van der Waals surface area contributed by atoms with Gasteiger partial charge >= 0.3 is 5.91 Å². The molecule has 1 fully saturated rings. The molecule has 3 aromatic carbocycles. The first-order valence-corrected chi connectivity index (χ1v) is 12.4. The van der Waals surface area contributed by atoms with Crippen molar-refractivity contribution in [3.8, 4) is 5.75 Å². The molecule has 1 N–H and O–H groups in total. The molecule has 1 saturated heterocycles. The summed E-state index contributed by atoms with van der Waals surface area (Å²) in [4.78, 5) is 32.5. The van der Waals surface area contributed by atoms with E-state index in [1.807, 2.05) is 6.92 Å². The number of hydrogen-bond acceptors (Lipinski definition) is 6. The van der Waals surface area contributed by atoms with Gasteiger partial charge in [-0.15, -0.1) is 0 Å². The smallest absolute Gasteiger partial charge is 0.301 e. The quantitative estimate of drug-likeness (QED) is 0.202. The number of aliphatic hydroxyl groups excluding tert-OH is 1. The summed E-state index contributed by atoms with van der Waals surface area (Å²) in [6, 6.07) is 15.1. The number of carbonyl (C=O) groups excluding carboxylic acids is 2. The van der Waals surface area contributed by atoms with Crippen LogP contribution in [0.5, 0.6) is 5.75 Å². The van der Waals surface area contributed by atoms with Crippen LogP contribution in [0.4, 0.5) is 9.52 Å². The van der Waals surface area contributed by atoms with Gasteiger partial charge in [0.1, 0.15) is 23.4 Å². The van der Waals surface area contributed by atoms with E-state index >= 15 is 0 Å². The number of aliphatic hydroxyl groups is 1. The number of aromatic nitrogens is 1. The Balaban J connectivity index is 1.54. The van der Waals surface area contributed by atoms with Gasteiger partial charge in [-0.05, 0) is 66.6 Å². The molecule has 3 heterocycles. The molecule has 9 heteroatoms. The molecule has 0 unspecified atom stereocenters. The number of Topliss-reactive ketones (excluding diaryl/α,β-unsaturated/α-hetero) is 1. The molecule has 0 radical (unpaired) electrons. The monoisotopic (exact) mass is 520 g/mol. The number of hydrogen-bond donors (Lipinski definition) is 1. The fourth-order valence-electron chi connectivity index (χ4n) is 4.74. The van der Waals surface area contributed by atoms with Crippen LogP contribution in [0.15, 0.2) is 66.2 Å². The van der Waals surface area contributed by atoms with E-state index in [4.69, 9.17) is 16.3 Å². The molecule has 0 aliphatic carbocycles. The zero-order valence-corrected chi connectivity index (χ0v) is 20.4. The Bertz CT molecular complexity index is 1610. The van der Waals surface area contributed by atoms with Crippen molar-refractivity contribution in [1.82, 2.24) is 4.98 Å². The second kappa shape index (κ2) is 8.43. The van der Waals surface area contributed by atoms with E-state index in [0.29, 0.717) is 32.8 Å². The van der Waals surface area contributed by atoms with Gasteiger partial charge in [-0.1, -0.05) is 35.1 Å². The summed E-state index contributed by atoms with van der Waals surface area (Å²) in [7, 11) is 0. The van der Waals surface area contributed by atoms with Crippen molar-refractivity contribution in [3.05, 3.63) is 93.8 Å². The van der Waals surface area contributed by atoms with Gasteiger partial charge in [0.15, 0.2) is 5.13 Å². The number of carbonyl (C=O) groups is 2. The number of ketones is 1. The van der Waals surface area contributed by atoms with Crippen LogP contribution >= 0.6 is 22.9 Å². The number of halogens is 2. The molecule has 1 amide bonds. The van der Waals surface area contributed by atoms with Crippen molar-refractivity contribution < 1.29 is 23.8 Å². The summed E-state index contributed by atoms with van der Waals surface area (Å²) in [5.41, 5.74) is 2.28. The highest BCUT2D eigenvalue weighted by molar-refractivity contribution is 7.22. The Kier molecular flexibility index (Phi) is 5.31. The van der Waals surface area contributed by atoms with Gasteiger partial charge in [-0.3, -0.25) is 14.5 Å². The molecule has 0 saturated carbocycles. The van der Waals surface area contributed by atoms with E-state index in [-0.39, 0.29) is 22.6 Å². The van der Waals surface area contributed by atoms with Gasteiger partial charge in [0.2, 0.25) is 0 Å². The van der Waals surface area contributed by atoms with Gasteiger partial charge in [0.25, 0.3) is 5.78 Å². The van der Waals surface area contributed by atoms with E-state index in [1.54, 1.807) is 42.5 Å². The topological polar surface area (TPSA) is 79.7 Å². The highest BCUT2D eigenvalue weighted by atomic mass is 35.5. The minimum Gasteiger partial charge on any atom is -0.507 e. The van der Waals surface area contributed by atoms with Gasteiger partial charge in [-0.2, -0.15) is 0 Å². The van der Waals surface area contributed by atoms with Crippen molar-refractivity contribution in [2.24, 2.45) is 0 Å². The molecule has 180 valence electrons. The number of fused-ring (bicyclic) bond motifs is 2. The lowest BCUT2D eigenvalue weighted by Crippen LogP contribution is -2.29. The highest BCUT2D eigenvalue weighted by Gasteiger charge is 2.48. The molecular weight excluding hydrogens is 503 g/mol. The zero-order chi connectivity index (χ0) is 25.1. The molecule has 4 aromatic rings. The van der Waals surface area contributed by atoms with Gasteiger partial charge in [-0.25, -0.2) is 9.37 Å². The van der Waals surface area contributed by atoms with E-state index in [0.717, 1.165) is 22.6 Å². The number of benzene rings is 3. The number of rotatable bonds is 3. The molecular formula is C27H18ClFN2O4S. The second-order valence-electron chi connectivity index (χ2n) is 8.79. The predicted octanol–water partition coefficient (Wildman–Crippen LogP) is 6.04. The molecule has 1 aromatic heterocycles. The first-order chi connectivity index (χ1) is 17.3. The number of nitrogens with zero attached hydrogens (tertiary/aromatic N) is 2. The molecule has 2 aliphatic rings. The molecule has 36 heavy (non-hydrogen) atoms. The fraction of sp³-hybridized carbons (Fsp3) is 0.148. The van der Waals surface area contributed by atoms with Crippen molar-refractivity contribution in [3.63, 3.8) is 0 Å². The maximum Gasteiger partial charge on any atom is 0.301 e. The third kappa shape index (κ3) is 3.65. The number of anilines is 1. The van der Waals surface area contributed by atoms with Crippen LogP contribution in [-0.2, 0) is 16.0 Å². The Morgan fingerprint density at radius 2 is 2.00 bits per heavy atom. The summed E-state index contributed by atoms with van der Waals surface area (Å²) in [5.74, 6) is -1.67. The van der Waals surface area contributed by atoms with Crippen molar-refractivity contribution in [1.29, 1.82) is 0 Å². The van der Waals surface area contributed by atoms with Crippen LogP contribution in [0.25, 0.3) is 16.0 Å². The van der Waals surface area contributed by atoms with E-state index in [9.17, 15) is 19.1 Å². The van der Waals surface area contributed by atoms with Crippen molar-refractivity contribution >= 4 is 55.7 Å². The lowest BCUT2D eigenvalue weighted by molar-refractivity contribution is -0.132. The average Bonchev–Trinajstić information content (AvgIpc) is 3.50. The molecule has 2 atom stereocenters. The zero-order valence-electron chi connectivity index (χ0n) is 18.9. The Morgan fingerprint density at radius 1 is 1.17 bits per heavy atom. The number of amides is 1. The summed E-state index contributed by atoms with van der Waals surface area (Å²) in [5, 5.41) is 12.0. The predicted molar refractivity (Wildman–Crippen MR) is 136 cm³/mol. The van der Waals surface area contributed by atoms with Gasteiger partial charge < -0.3 is 9.84 Å². The summed E-state index contributed by atoms with van der Waals surface area (Å²) < 4.78 is 20.1. The highest BCUT2D eigenvalue weighted by Crippen LogP contribution is 2.45. The summed E-state index contributed by atoms with van der Waals surface area (Å²) in [6.07, 6.45) is 0.684. The first-order valence-electron chi connectivity index (χ1n) is 11.2. The first kappa shape index (κ1) is 22.7. The van der Waals surface area contributed by atoms with E-state index < -0.39 is 23.5 Å². The molecule has 0 bridgehead atoms. The maximum absolute atomic E-state index is 13.8. The van der Waals surface area contributed by atoms with Crippen LogP contribution in [-0.4, -0.2) is 27.9 Å². The van der Waals surface area contributed by atoms with Gasteiger partial charge in [0, 0.05) is 17.0 Å². The van der Waals surface area contributed by atoms with E-state index in [1.165, 1.54) is 23.1 Å². The summed E-state index contributed by atoms with van der Waals surface area (Å²) in [6.45, 7) is 1.95. The second-order valence-corrected chi connectivity index (χ2v) is 10.2. The van der Waals surface area contributed by atoms with Crippen LogP contribution in [0, 0.1) is 5.82 Å². The van der Waals surface area contributed by atoms with Crippen LogP contribution in [0.3, 0.4) is 0 Å². The Morgan fingerprint density at radius 3 is 2.81 bits per heavy atom. The molecule has 6 rings (SSSR count). The van der Waals surface area contributed by atoms with Gasteiger partial charge in [0.05, 0.1) is 21.8 Å². The average molecular weight is 521 g/mol. The minimum absolute atomic E-state index is 0.0123. The number of thiazole rings is 1. The Labute approximate surface area is 214 Å². The summed E-state index contributed by atoms with van der Waals surface area (Å²) >= 11 is 7.35. The normalized spacial score (nSPS) is 20.7. The van der Waals surface area contributed by atoms with Crippen molar-refractivity contribution in [2.45, 2.75) is 25.5 Å². The SMILES string of the molecule is C[C@@H]1Cc2cc(C(O)=C3C(=O)C(=O)N(c4nc5ccc(F)cc5s4)[C@H]3c3cccc(Cl)c3)ccc2O1. The Hall–Kier alpha value is -3.75. The lowest BCUT2D eigenvalue weighted by atomic mass is 9.94. The molecule has 0 spiro atoms. The molecule has 6 nitrogen and oxygen atoms in total. The third-order valence-corrected chi connectivity index (χ3v) is 7.58. The third-order valence-electron chi connectivity index (χ3n) is 6.32. The molecule has 2 aliphatic heterocycles. The number of ether oxygens (including phenoxy) is 1. The van der Waals surface area contributed by atoms with Crippen molar-refractivity contribution in [2.75, 3.05) is 4.90 Å². The van der Waals surface area contributed by atoms with Crippen LogP contribution < -0.4 is 9.64 Å². The standard InChI is InChI=1S/C27H18ClFN2O4S/c1-13-9-16-10-15(5-8-20(16)35-13)24(32)22-23(14-3-2-4-17(28)11-14)31(26(34)25(22)33)27-30-19-7-6-18(29)12-21(19)36-27/h2-8,10-13,23,32H,9H2,1H3/t13-,23+/m1/s1. The van der Waals surface area contributed by atoms with Crippen LogP contribution in [0.2, 0.25) is 5.02 Å². The minimum atomic E-state index is -0.975. The lowest BCUT2D eigenvalue weighted by Gasteiger charge is -2.23. The van der Waals surface area contributed by atoms with E-state index in [2.05, 4.69) is 4.98 Å².